The molecule has 0 spiro atoms. The minimum atomic E-state index is 0.152. The van der Waals surface area contributed by atoms with E-state index in [-0.39, 0.29) is 5.11 Å². The van der Waals surface area contributed by atoms with Gasteiger partial charge >= 0.3 is 0 Å². The monoisotopic (exact) mass is 334 g/mol. The highest BCUT2D eigenvalue weighted by Crippen LogP contribution is 2.20. The number of rotatable bonds is 6. The minimum Gasteiger partial charge on any atom is -0.492 e. The summed E-state index contributed by atoms with van der Waals surface area (Å²) in [6, 6.07) is 7.81. The van der Waals surface area contributed by atoms with Gasteiger partial charge < -0.3 is 10.5 Å². The highest BCUT2D eigenvalue weighted by Gasteiger charge is 2.21. The van der Waals surface area contributed by atoms with Gasteiger partial charge in [0.25, 0.3) is 0 Å². The van der Waals surface area contributed by atoms with Crippen molar-refractivity contribution in [2.75, 3.05) is 26.2 Å². The molecule has 1 aromatic rings. The number of nitrogens with two attached hydrogens (primary N) is 1. The second-order valence-electron chi connectivity index (χ2n) is 6.36. The number of likely N-dealkylation sites (tertiary alicyclic amines) is 1. The Morgan fingerprint density at radius 1 is 1.43 bits per heavy atom. The van der Waals surface area contributed by atoms with Gasteiger partial charge in [0.1, 0.15) is 12.4 Å². The zero-order valence-corrected chi connectivity index (χ0v) is 14.7. The van der Waals surface area contributed by atoms with Crippen LogP contribution in [-0.4, -0.2) is 42.5 Å². The molecule has 5 nitrogen and oxygen atoms in total. The Hall–Kier alpha value is -1.66. The van der Waals surface area contributed by atoms with Gasteiger partial charge in [0.05, 0.1) is 6.21 Å². The lowest BCUT2D eigenvalue weighted by atomic mass is 9.92. The number of benzene rings is 1. The fourth-order valence-corrected chi connectivity index (χ4v) is 3.17. The lowest BCUT2D eigenvalue weighted by molar-refractivity contribution is 0.120. The van der Waals surface area contributed by atoms with Gasteiger partial charge in [0, 0.05) is 19.6 Å². The third kappa shape index (κ3) is 6.54. The number of thiocarbonyl (C=S) groups is 1. The molecule has 0 saturated carbocycles. The van der Waals surface area contributed by atoms with Crippen molar-refractivity contribution in [3.05, 3.63) is 29.8 Å². The molecule has 1 heterocycles. The predicted octanol–water partition coefficient (Wildman–Crippen LogP) is 2.21. The first-order chi connectivity index (χ1) is 11.0. The molecule has 1 fully saturated rings. The molecule has 0 aliphatic carbocycles. The van der Waals surface area contributed by atoms with Gasteiger partial charge in [-0.2, -0.15) is 5.10 Å². The highest BCUT2D eigenvalue weighted by molar-refractivity contribution is 7.80. The normalized spacial score (nSPS) is 22.2. The van der Waals surface area contributed by atoms with Gasteiger partial charge in [0.15, 0.2) is 5.11 Å². The molecule has 23 heavy (non-hydrogen) atoms. The number of hydrogen-bond donors (Lipinski definition) is 2. The molecule has 0 radical (unpaired) electrons. The molecule has 2 unspecified atom stereocenters. The molecule has 1 aromatic carbocycles. The van der Waals surface area contributed by atoms with Crippen molar-refractivity contribution in [2.45, 2.75) is 20.3 Å². The number of hydrazone groups is 1. The van der Waals surface area contributed by atoms with Gasteiger partial charge in [-0.3, -0.25) is 10.3 Å². The van der Waals surface area contributed by atoms with E-state index in [1.54, 1.807) is 6.21 Å². The van der Waals surface area contributed by atoms with Crippen LogP contribution in [0.2, 0.25) is 0 Å². The summed E-state index contributed by atoms with van der Waals surface area (Å²) in [6.07, 6.45) is 3.00. The number of ether oxygens (including phenoxy) is 1. The topological polar surface area (TPSA) is 62.9 Å². The number of nitrogens with one attached hydrogen (secondary N) is 1. The number of hydrogen-bond acceptors (Lipinski definition) is 4. The highest BCUT2D eigenvalue weighted by atomic mass is 32.1. The standard InChI is InChI=1S/C17H26N4OS/c1-13-8-14(2)12-21(11-13)6-7-22-16-5-3-4-15(9-16)10-19-20-17(18)23/h3-5,9-10,13-14H,6-8,11-12H2,1-2H3,(H3,18,20,23). The second-order valence-corrected chi connectivity index (χ2v) is 6.80. The molecule has 2 rings (SSSR count). The average molecular weight is 334 g/mol. The summed E-state index contributed by atoms with van der Waals surface area (Å²) in [5, 5.41) is 4.10. The summed E-state index contributed by atoms with van der Waals surface area (Å²) in [5.41, 5.74) is 8.80. The quantitative estimate of drug-likeness (QED) is 0.474. The van der Waals surface area contributed by atoms with Crippen molar-refractivity contribution in [3.8, 4) is 5.75 Å². The molecule has 0 bridgehead atoms. The van der Waals surface area contributed by atoms with E-state index in [1.807, 2.05) is 24.3 Å². The Morgan fingerprint density at radius 3 is 2.87 bits per heavy atom. The summed E-state index contributed by atoms with van der Waals surface area (Å²) in [7, 11) is 0. The van der Waals surface area contributed by atoms with Crippen LogP contribution >= 0.6 is 12.2 Å². The third-order valence-corrected chi connectivity index (χ3v) is 3.96. The van der Waals surface area contributed by atoms with Gasteiger partial charge in [0.2, 0.25) is 0 Å². The Labute approximate surface area is 143 Å². The molecule has 2 atom stereocenters. The van der Waals surface area contributed by atoms with Crippen LogP contribution in [0, 0.1) is 11.8 Å². The van der Waals surface area contributed by atoms with Gasteiger partial charge in [-0.25, -0.2) is 0 Å². The van der Waals surface area contributed by atoms with Crippen LogP contribution < -0.4 is 15.9 Å². The predicted molar refractivity (Wildman–Crippen MR) is 98.8 cm³/mol. The van der Waals surface area contributed by atoms with E-state index in [9.17, 15) is 0 Å². The lowest BCUT2D eigenvalue weighted by Gasteiger charge is -2.34. The Balaban J connectivity index is 1.79. The van der Waals surface area contributed by atoms with Crippen LogP contribution in [0.25, 0.3) is 0 Å². The van der Waals surface area contributed by atoms with Gasteiger partial charge in [-0.15, -0.1) is 0 Å². The van der Waals surface area contributed by atoms with Crippen molar-refractivity contribution >= 4 is 23.5 Å². The first-order valence-corrected chi connectivity index (χ1v) is 8.47. The Morgan fingerprint density at radius 2 is 2.17 bits per heavy atom. The summed E-state index contributed by atoms with van der Waals surface area (Å²) >= 11 is 4.70. The first kappa shape index (κ1) is 17.7. The fraction of sp³-hybridized carbons (Fsp3) is 0.529. The maximum Gasteiger partial charge on any atom is 0.184 e. The zero-order valence-electron chi connectivity index (χ0n) is 13.9. The average Bonchev–Trinajstić information content (AvgIpc) is 2.46. The van der Waals surface area contributed by atoms with E-state index in [1.165, 1.54) is 19.5 Å². The van der Waals surface area contributed by atoms with E-state index in [0.29, 0.717) is 6.61 Å². The van der Waals surface area contributed by atoms with Crippen molar-refractivity contribution in [1.29, 1.82) is 0 Å². The molecule has 0 aromatic heterocycles. The second kappa shape index (κ2) is 8.84. The van der Waals surface area contributed by atoms with Crippen LogP contribution in [0.4, 0.5) is 0 Å². The summed E-state index contributed by atoms with van der Waals surface area (Å²) in [4.78, 5) is 2.50. The van der Waals surface area contributed by atoms with Crippen LogP contribution in [-0.2, 0) is 0 Å². The van der Waals surface area contributed by atoms with Crippen LogP contribution in [0.3, 0.4) is 0 Å². The molecule has 3 N–H and O–H groups in total. The molecule has 0 amide bonds. The maximum absolute atomic E-state index is 5.87. The van der Waals surface area contributed by atoms with Gasteiger partial charge in [-0.1, -0.05) is 26.0 Å². The molecule has 1 aliphatic rings. The van der Waals surface area contributed by atoms with E-state index >= 15 is 0 Å². The number of piperidine rings is 1. The molecule has 6 heteroatoms. The molecule has 1 aliphatic heterocycles. The van der Waals surface area contributed by atoms with E-state index in [0.717, 1.165) is 29.7 Å². The molecule has 1 saturated heterocycles. The summed E-state index contributed by atoms with van der Waals surface area (Å²) in [6.45, 7) is 8.66. The van der Waals surface area contributed by atoms with Crippen LogP contribution in [0.15, 0.2) is 29.4 Å². The molecule has 126 valence electrons. The zero-order chi connectivity index (χ0) is 16.7. The van der Waals surface area contributed by atoms with E-state index in [2.05, 4.69) is 29.3 Å². The van der Waals surface area contributed by atoms with Crippen LogP contribution in [0.1, 0.15) is 25.8 Å². The van der Waals surface area contributed by atoms with Crippen molar-refractivity contribution in [3.63, 3.8) is 0 Å². The fourth-order valence-electron chi connectivity index (χ4n) is 3.12. The SMILES string of the molecule is CC1CC(C)CN(CCOc2cccc(C=NNC(N)=S)c2)C1. The van der Waals surface area contributed by atoms with Gasteiger partial charge in [-0.05, 0) is 48.2 Å². The smallest absolute Gasteiger partial charge is 0.184 e. The Kier molecular flexibility index (Phi) is 6.80. The van der Waals surface area contributed by atoms with Crippen LogP contribution in [0.5, 0.6) is 5.75 Å². The van der Waals surface area contributed by atoms with Crippen molar-refractivity contribution < 1.29 is 4.74 Å². The van der Waals surface area contributed by atoms with Crippen molar-refractivity contribution in [2.24, 2.45) is 22.7 Å². The third-order valence-electron chi connectivity index (χ3n) is 3.87. The Bertz CT molecular complexity index is 539. The largest absolute Gasteiger partial charge is 0.492 e. The molecular weight excluding hydrogens is 308 g/mol. The number of nitrogens with zero attached hydrogens (tertiary/aromatic N) is 2. The first-order valence-electron chi connectivity index (χ1n) is 8.06. The van der Waals surface area contributed by atoms with E-state index in [4.69, 9.17) is 22.7 Å². The molecular formula is C17H26N4OS. The summed E-state index contributed by atoms with van der Waals surface area (Å²) in [5.74, 6) is 2.40. The van der Waals surface area contributed by atoms with Crippen molar-refractivity contribution in [1.82, 2.24) is 10.3 Å². The van der Waals surface area contributed by atoms with E-state index < -0.39 is 0 Å². The lowest BCUT2D eigenvalue weighted by Crippen LogP contribution is -2.40. The minimum absolute atomic E-state index is 0.152. The maximum atomic E-state index is 5.87. The summed E-state index contributed by atoms with van der Waals surface area (Å²) < 4.78 is 5.87.